The first-order chi connectivity index (χ1) is 11.7. The quantitative estimate of drug-likeness (QED) is 0.888. The summed E-state index contributed by atoms with van der Waals surface area (Å²) < 4.78 is 5.51. The topological polar surface area (TPSA) is 70.7 Å². The van der Waals surface area contributed by atoms with E-state index in [0.717, 1.165) is 5.69 Å². The van der Waals surface area contributed by atoms with Crippen LogP contribution in [-0.4, -0.2) is 31.6 Å². The molecule has 0 aromatic heterocycles. The number of anilines is 2. The number of para-hydroxylation sites is 2. The number of amides is 3. The van der Waals surface area contributed by atoms with E-state index < -0.39 is 0 Å². The molecule has 1 aliphatic heterocycles. The van der Waals surface area contributed by atoms with Crippen LogP contribution >= 0.6 is 0 Å². The van der Waals surface area contributed by atoms with Gasteiger partial charge in [0.1, 0.15) is 5.75 Å². The number of carbonyl (C=O) groups excluding carboxylic acids is 2. The summed E-state index contributed by atoms with van der Waals surface area (Å²) in [5, 5.41) is 5.60. The average molecular weight is 325 g/mol. The molecule has 1 saturated heterocycles. The molecule has 3 rings (SSSR count). The van der Waals surface area contributed by atoms with Crippen LogP contribution in [0.5, 0.6) is 5.75 Å². The highest BCUT2D eigenvalue weighted by molar-refractivity contribution is 6.05. The Morgan fingerprint density at radius 1 is 1.21 bits per heavy atom. The predicted octanol–water partition coefficient (Wildman–Crippen LogP) is 2.87. The van der Waals surface area contributed by atoms with E-state index in [2.05, 4.69) is 10.6 Å². The molecule has 6 nitrogen and oxygen atoms in total. The van der Waals surface area contributed by atoms with Crippen LogP contribution in [0.4, 0.5) is 16.2 Å². The molecule has 1 aliphatic rings. The summed E-state index contributed by atoms with van der Waals surface area (Å²) in [5.41, 5.74) is 1.92. The van der Waals surface area contributed by atoms with Crippen LogP contribution < -0.4 is 20.3 Å². The zero-order valence-corrected chi connectivity index (χ0v) is 13.4. The largest absolute Gasteiger partial charge is 0.492 e. The fourth-order valence-corrected chi connectivity index (χ4v) is 2.56. The normalized spacial score (nSPS) is 13.5. The van der Waals surface area contributed by atoms with Crippen molar-refractivity contribution in [3.8, 4) is 5.75 Å². The Morgan fingerprint density at radius 3 is 2.62 bits per heavy atom. The first kappa shape index (κ1) is 15.9. The van der Waals surface area contributed by atoms with Gasteiger partial charge in [0.25, 0.3) is 5.91 Å². The van der Waals surface area contributed by atoms with Crippen molar-refractivity contribution >= 4 is 23.3 Å². The van der Waals surface area contributed by atoms with Gasteiger partial charge in [-0.2, -0.15) is 0 Å². The van der Waals surface area contributed by atoms with Crippen LogP contribution in [0.3, 0.4) is 0 Å². The molecule has 0 atom stereocenters. The van der Waals surface area contributed by atoms with Crippen LogP contribution in [0.2, 0.25) is 0 Å². The van der Waals surface area contributed by atoms with E-state index in [0.29, 0.717) is 36.7 Å². The lowest BCUT2D eigenvalue weighted by atomic mass is 10.1. The van der Waals surface area contributed by atoms with Gasteiger partial charge < -0.3 is 15.4 Å². The molecular formula is C18H19N3O3. The van der Waals surface area contributed by atoms with Gasteiger partial charge in [-0.1, -0.05) is 12.1 Å². The van der Waals surface area contributed by atoms with E-state index >= 15 is 0 Å². The fraction of sp³-hybridized carbons (Fsp3) is 0.222. The number of hydrogen-bond acceptors (Lipinski definition) is 3. The second-order valence-corrected chi connectivity index (χ2v) is 5.31. The molecular weight excluding hydrogens is 306 g/mol. The van der Waals surface area contributed by atoms with E-state index in [-0.39, 0.29) is 11.9 Å². The Labute approximate surface area is 140 Å². The van der Waals surface area contributed by atoms with E-state index in [9.17, 15) is 9.59 Å². The molecule has 0 aliphatic carbocycles. The maximum Gasteiger partial charge on any atom is 0.321 e. The lowest BCUT2D eigenvalue weighted by Crippen LogP contribution is -2.27. The highest BCUT2D eigenvalue weighted by Gasteiger charge is 2.21. The van der Waals surface area contributed by atoms with Crippen LogP contribution in [0.1, 0.15) is 17.3 Å². The SMILES string of the molecule is CCOc1ccccc1NC(=O)c1ccc(N2CCNC2=O)cc1. The molecule has 3 amide bonds. The van der Waals surface area contributed by atoms with Gasteiger partial charge in [-0.25, -0.2) is 4.79 Å². The van der Waals surface area contributed by atoms with Gasteiger partial charge in [0.05, 0.1) is 12.3 Å². The highest BCUT2D eigenvalue weighted by Crippen LogP contribution is 2.25. The van der Waals surface area contributed by atoms with Gasteiger partial charge in [0.15, 0.2) is 0 Å². The summed E-state index contributed by atoms with van der Waals surface area (Å²) in [7, 11) is 0. The summed E-state index contributed by atoms with van der Waals surface area (Å²) in [4.78, 5) is 25.7. The minimum Gasteiger partial charge on any atom is -0.492 e. The molecule has 24 heavy (non-hydrogen) atoms. The second-order valence-electron chi connectivity index (χ2n) is 5.31. The fourth-order valence-electron chi connectivity index (χ4n) is 2.56. The Hall–Kier alpha value is -3.02. The first-order valence-corrected chi connectivity index (χ1v) is 7.87. The zero-order valence-electron chi connectivity index (χ0n) is 13.4. The molecule has 2 aromatic rings. The van der Waals surface area contributed by atoms with Crippen molar-refractivity contribution in [2.24, 2.45) is 0 Å². The Morgan fingerprint density at radius 2 is 1.96 bits per heavy atom. The van der Waals surface area contributed by atoms with Crippen LogP contribution in [0.15, 0.2) is 48.5 Å². The van der Waals surface area contributed by atoms with Gasteiger partial charge in [-0.3, -0.25) is 9.69 Å². The molecule has 0 bridgehead atoms. The van der Waals surface area contributed by atoms with Crippen molar-refractivity contribution in [2.75, 3.05) is 29.9 Å². The Balaban J connectivity index is 1.73. The molecule has 0 spiro atoms. The predicted molar refractivity (Wildman–Crippen MR) is 92.8 cm³/mol. The molecule has 124 valence electrons. The van der Waals surface area contributed by atoms with Gasteiger partial charge in [-0.05, 0) is 43.3 Å². The zero-order chi connectivity index (χ0) is 16.9. The molecule has 6 heteroatoms. The Bertz CT molecular complexity index is 743. The third-order valence-electron chi connectivity index (χ3n) is 3.73. The van der Waals surface area contributed by atoms with Crippen molar-refractivity contribution in [1.82, 2.24) is 5.32 Å². The highest BCUT2D eigenvalue weighted by atomic mass is 16.5. The Kier molecular flexibility index (Phi) is 4.65. The van der Waals surface area contributed by atoms with E-state index in [1.54, 1.807) is 35.2 Å². The van der Waals surface area contributed by atoms with Gasteiger partial charge in [0, 0.05) is 24.3 Å². The van der Waals surface area contributed by atoms with Crippen molar-refractivity contribution in [3.05, 3.63) is 54.1 Å². The van der Waals surface area contributed by atoms with E-state index in [1.165, 1.54) is 0 Å². The van der Waals surface area contributed by atoms with Crippen LogP contribution in [0, 0.1) is 0 Å². The standard InChI is InChI=1S/C18H19N3O3/c1-2-24-16-6-4-3-5-15(16)20-17(22)13-7-9-14(10-8-13)21-12-11-19-18(21)23/h3-10H,2,11-12H2,1H3,(H,19,23)(H,20,22). The number of ether oxygens (including phenoxy) is 1. The number of rotatable bonds is 5. The van der Waals surface area contributed by atoms with Gasteiger partial charge in [-0.15, -0.1) is 0 Å². The summed E-state index contributed by atoms with van der Waals surface area (Å²) in [5.74, 6) is 0.415. The summed E-state index contributed by atoms with van der Waals surface area (Å²) in [6, 6.07) is 14.2. The van der Waals surface area contributed by atoms with Crippen molar-refractivity contribution in [1.29, 1.82) is 0 Å². The lowest BCUT2D eigenvalue weighted by Gasteiger charge is -2.15. The lowest BCUT2D eigenvalue weighted by molar-refractivity contribution is 0.102. The van der Waals surface area contributed by atoms with Crippen molar-refractivity contribution < 1.29 is 14.3 Å². The third-order valence-corrected chi connectivity index (χ3v) is 3.73. The molecule has 2 N–H and O–H groups in total. The number of nitrogens with one attached hydrogen (secondary N) is 2. The minimum atomic E-state index is -0.223. The van der Waals surface area contributed by atoms with Gasteiger partial charge in [0.2, 0.25) is 0 Å². The molecule has 1 heterocycles. The molecule has 0 saturated carbocycles. The summed E-state index contributed by atoms with van der Waals surface area (Å²) in [6.07, 6.45) is 0. The second kappa shape index (κ2) is 7.04. The molecule has 1 fully saturated rings. The minimum absolute atomic E-state index is 0.113. The summed E-state index contributed by atoms with van der Waals surface area (Å²) in [6.45, 7) is 3.69. The number of carbonyl (C=O) groups is 2. The van der Waals surface area contributed by atoms with Crippen LogP contribution in [-0.2, 0) is 0 Å². The number of urea groups is 1. The molecule has 0 unspecified atom stereocenters. The smallest absolute Gasteiger partial charge is 0.321 e. The molecule has 2 aromatic carbocycles. The first-order valence-electron chi connectivity index (χ1n) is 7.87. The monoisotopic (exact) mass is 325 g/mol. The van der Waals surface area contributed by atoms with Crippen molar-refractivity contribution in [2.45, 2.75) is 6.92 Å². The average Bonchev–Trinajstić information content (AvgIpc) is 3.03. The number of benzene rings is 2. The molecule has 0 radical (unpaired) electrons. The maximum atomic E-state index is 12.4. The van der Waals surface area contributed by atoms with Crippen molar-refractivity contribution in [3.63, 3.8) is 0 Å². The van der Waals surface area contributed by atoms with E-state index in [1.807, 2.05) is 25.1 Å². The van der Waals surface area contributed by atoms with Gasteiger partial charge >= 0.3 is 6.03 Å². The number of nitrogens with zero attached hydrogens (tertiary/aromatic N) is 1. The van der Waals surface area contributed by atoms with Crippen LogP contribution in [0.25, 0.3) is 0 Å². The number of hydrogen-bond donors (Lipinski definition) is 2. The third kappa shape index (κ3) is 3.32. The maximum absolute atomic E-state index is 12.4. The summed E-state index contributed by atoms with van der Waals surface area (Å²) >= 11 is 0. The van der Waals surface area contributed by atoms with E-state index in [4.69, 9.17) is 4.74 Å².